The standard InChI is InChI=1S/C36H38N4O5/c1-5-27-16-23-8-6-7-9-25(23)21-40(27)35(43)32-18-26-20-39(36(44)45)15-14-24(26)17-31(32)33-19-30(22(2)37(33)3)34(42)38(4)28-10-12-29(41)13-11-28/h6-13,17-19,27,41H,5,14-16,20-21H2,1-4H3,(H,44,45)/t27-/m1/s1. The van der Waals surface area contributed by atoms with Crippen LogP contribution in [-0.4, -0.2) is 62.1 Å². The number of aromatic hydroxyl groups is 1. The summed E-state index contributed by atoms with van der Waals surface area (Å²) in [6.45, 7) is 5.08. The van der Waals surface area contributed by atoms with Crippen molar-refractivity contribution in [2.75, 3.05) is 18.5 Å². The van der Waals surface area contributed by atoms with Gasteiger partial charge in [0, 0.05) is 68.0 Å². The molecule has 232 valence electrons. The Labute approximate surface area is 262 Å². The molecule has 0 aliphatic carbocycles. The van der Waals surface area contributed by atoms with Crippen molar-refractivity contribution in [2.45, 2.75) is 52.2 Å². The zero-order valence-corrected chi connectivity index (χ0v) is 26.1. The van der Waals surface area contributed by atoms with Crippen molar-refractivity contribution in [3.8, 4) is 17.0 Å². The molecule has 9 nitrogen and oxygen atoms in total. The van der Waals surface area contributed by atoms with Gasteiger partial charge < -0.3 is 29.5 Å². The van der Waals surface area contributed by atoms with E-state index in [-0.39, 0.29) is 30.2 Å². The molecule has 0 bridgehead atoms. The second-order valence-corrected chi connectivity index (χ2v) is 12.1. The van der Waals surface area contributed by atoms with E-state index in [1.54, 1.807) is 36.2 Å². The molecular formula is C36H38N4O5. The molecule has 3 aromatic carbocycles. The van der Waals surface area contributed by atoms with Crippen LogP contribution in [0.2, 0.25) is 0 Å². The predicted octanol–water partition coefficient (Wildman–Crippen LogP) is 6.00. The van der Waals surface area contributed by atoms with Crippen LogP contribution in [0.5, 0.6) is 5.75 Å². The lowest BCUT2D eigenvalue weighted by Crippen LogP contribution is -2.44. The second kappa shape index (κ2) is 11.8. The van der Waals surface area contributed by atoms with Gasteiger partial charge in [-0.25, -0.2) is 4.79 Å². The summed E-state index contributed by atoms with van der Waals surface area (Å²) in [5, 5.41) is 19.4. The van der Waals surface area contributed by atoms with Gasteiger partial charge in [0.15, 0.2) is 0 Å². The highest BCUT2D eigenvalue weighted by Gasteiger charge is 2.33. The normalized spacial score (nSPS) is 15.8. The predicted molar refractivity (Wildman–Crippen MR) is 173 cm³/mol. The van der Waals surface area contributed by atoms with E-state index >= 15 is 0 Å². The molecule has 2 N–H and O–H groups in total. The highest BCUT2D eigenvalue weighted by Crippen LogP contribution is 2.36. The highest BCUT2D eigenvalue weighted by molar-refractivity contribution is 6.08. The minimum absolute atomic E-state index is 0.0260. The fourth-order valence-electron chi connectivity index (χ4n) is 6.65. The third kappa shape index (κ3) is 5.43. The van der Waals surface area contributed by atoms with E-state index in [0.29, 0.717) is 36.3 Å². The van der Waals surface area contributed by atoms with Crippen molar-refractivity contribution < 1.29 is 24.6 Å². The number of phenols is 1. The minimum atomic E-state index is -0.977. The van der Waals surface area contributed by atoms with E-state index in [2.05, 4.69) is 19.1 Å². The van der Waals surface area contributed by atoms with Gasteiger partial charge in [-0.3, -0.25) is 9.59 Å². The molecular weight excluding hydrogens is 568 g/mol. The van der Waals surface area contributed by atoms with Crippen LogP contribution >= 0.6 is 0 Å². The number of carbonyl (C=O) groups is 3. The number of rotatable bonds is 5. The molecule has 1 atom stereocenters. The molecule has 3 heterocycles. The zero-order valence-electron chi connectivity index (χ0n) is 26.1. The van der Waals surface area contributed by atoms with Crippen LogP contribution < -0.4 is 4.90 Å². The lowest BCUT2D eigenvalue weighted by molar-refractivity contribution is 0.0635. The first kappa shape index (κ1) is 30.0. The Morgan fingerprint density at radius 1 is 0.911 bits per heavy atom. The van der Waals surface area contributed by atoms with Gasteiger partial charge in [-0.15, -0.1) is 0 Å². The van der Waals surface area contributed by atoms with Crippen molar-refractivity contribution >= 4 is 23.6 Å². The number of nitrogens with zero attached hydrogens (tertiary/aromatic N) is 4. The first-order valence-corrected chi connectivity index (χ1v) is 15.3. The number of carbonyl (C=O) groups excluding carboxylic acids is 2. The van der Waals surface area contributed by atoms with Crippen molar-refractivity contribution in [1.82, 2.24) is 14.4 Å². The summed E-state index contributed by atoms with van der Waals surface area (Å²) in [4.78, 5) is 45.1. The molecule has 0 spiro atoms. The largest absolute Gasteiger partial charge is 0.508 e. The first-order valence-electron chi connectivity index (χ1n) is 15.3. The summed E-state index contributed by atoms with van der Waals surface area (Å²) in [5.74, 6) is -0.187. The lowest BCUT2D eigenvalue weighted by Gasteiger charge is -2.37. The molecule has 0 unspecified atom stereocenters. The van der Waals surface area contributed by atoms with Crippen molar-refractivity contribution in [3.05, 3.63) is 106 Å². The van der Waals surface area contributed by atoms with Crippen LogP contribution in [0.3, 0.4) is 0 Å². The van der Waals surface area contributed by atoms with Crippen LogP contribution in [0.15, 0.2) is 66.7 Å². The number of benzene rings is 3. The molecule has 0 fully saturated rings. The van der Waals surface area contributed by atoms with E-state index < -0.39 is 6.09 Å². The maximum atomic E-state index is 14.6. The number of fused-ring (bicyclic) bond motifs is 2. The minimum Gasteiger partial charge on any atom is -0.508 e. The summed E-state index contributed by atoms with van der Waals surface area (Å²) < 4.78 is 1.95. The fraction of sp³-hybridized carbons (Fsp3) is 0.306. The number of amides is 3. The van der Waals surface area contributed by atoms with Crippen molar-refractivity contribution in [2.24, 2.45) is 7.05 Å². The maximum absolute atomic E-state index is 14.6. The monoisotopic (exact) mass is 606 g/mol. The van der Waals surface area contributed by atoms with E-state index in [9.17, 15) is 24.6 Å². The molecule has 2 aliphatic heterocycles. The molecule has 0 saturated heterocycles. The smallest absolute Gasteiger partial charge is 0.407 e. The topological polar surface area (TPSA) is 106 Å². The second-order valence-electron chi connectivity index (χ2n) is 12.1. The Morgan fingerprint density at radius 2 is 1.62 bits per heavy atom. The summed E-state index contributed by atoms with van der Waals surface area (Å²) in [6, 6.07) is 20.5. The van der Waals surface area contributed by atoms with Gasteiger partial charge in [0.2, 0.25) is 0 Å². The quantitative estimate of drug-likeness (QED) is 0.290. The molecule has 45 heavy (non-hydrogen) atoms. The first-order chi connectivity index (χ1) is 21.6. The van der Waals surface area contributed by atoms with Crippen molar-refractivity contribution in [1.29, 1.82) is 0 Å². The Balaban J connectivity index is 1.45. The van der Waals surface area contributed by atoms with E-state index in [1.165, 1.54) is 10.5 Å². The molecule has 0 radical (unpaired) electrons. The number of hydrogen-bond acceptors (Lipinski definition) is 4. The van der Waals surface area contributed by atoms with E-state index in [0.717, 1.165) is 46.5 Å². The lowest BCUT2D eigenvalue weighted by atomic mass is 9.89. The molecule has 6 rings (SSSR count). The molecule has 0 saturated carbocycles. The van der Waals surface area contributed by atoms with Gasteiger partial charge in [0.1, 0.15) is 5.75 Å². The Morgan fingerprint density at radius 3 is 2.31 bits per heavy atom. The summed E-state index contributed by atoms with van der Waals surface area (Å²) in [7, 11) is 3.59. The molecule has 1 aromatic heterocycles. The van der Waals surface area contributed by atoms with Gasteiger partial charge in [-0.1, -0.05) is 31.2 Å². The van der Waals surface area contributed by atoms with Gasteiger partial charge in [-0.2, -0.15) is 0 Å². The zero-order chi connectivity index (χ0) is 32.0. The van der Waals surface area contributed by atoms with Crippen LogP contribution in [-0.2, 0) is 33.0 Å². The number of phenolic OH excluding ortho intramolecular Hbond substituents is 1. The summed E-state index contributed by atoms with van der Waals surface area (Å²) in [6.07, 6.45) is 1.14. The average Bonchev–Trinajstić information content (AvgIpc) is 3.35. The molecule has 3 amide bonds. The average molecular weight is 607 g/mol. The van der Waals surface area contributed by atoms with E-state index in [1.807, 2.05) is 53.8 Å². The fourth-order valence-corrected chi connectivity index (χ4v) is 6.65. The molecule has 4 aromatic rings. The Hall–Kier alpha value is -5.05. The number of hydrogen-bond donors (Lipinski definition) is 2. The van der Waals surface area contributed by atoms with Crippen LogP contribution in [0.25, 0.3) is 11.3 Å². The van der Waals surface area contributed by atoms with Gasteiger partial charge in [0.25, 0.3) is 11.8 Å². The third-order valence-electron chi connectivity index (χ3n) is 9.52. The summed E-state index contributed by atoms with van der Waals surface area (Å²) >= 11 is 0. The van der Waals surface area contributed by atoms with E-state index in [4.69, 9.17) is 0 Å². The SMILES string of the molecule is CC[C@@H]1Cc2ccccc2CN1C(=O)c1cc2c(cc1-c1cc(C(=O)N(C)c3ccc(O)cc3)c(C)n1C)CCN(C(=O)O)C2. The van der Waals surface area contributed by atoms with Gasteiger partial charge in [-0.05, 0) is 90.9 Å². The number of anilines is 1. The van der Waals surface area contributed by atoms with Gasteiger partial charge >= 0.3 is 6.09 Å². The Kier molecular flexibility index (Phi) is 7.87. The van der Waals surface area contributed by atoms with Crippen LogP contribution in [0.4, 0.5) is 10.5 Å². The Bertz CT molecular complexity index is 1810. The van der Waals surface area contributed by atoms with Crippen LogP contribution in [0.1, 0.15) is 62.0 Å². The van der Waals surface area contributed by atoms with Crippen molar-refractivity contribution in [3.63, 3.8) is 0 Å². The van der Waals surface area contributed by atoms with Crippen LogP contribution in [0, 0.1) is 6.92 Å². The number of aromatic nitrogens is 1. The molecule has 9 heteroatoms. The highest BCUT2D eigenvalue weighted by atomic mass is 16.4. The third-order valence-corrected chi connectivity index (χ3v) is 9.52. The van der Waals surface area contributed by atoms with Gasteiger partial charge in [0.05, 0.1) is 5.56 Å². The molecule has 2 aliphatic rings. The summed E-state index contributed by atoms with van der Waals surface area (Å²) in [5.41, 5.74) is 8.11. The number of carboxylic acid groups (broad SMARTS) is 1. The maximum Gasteiger partial charge on any atom is 0.407 e.